The number of carboxylic acids is 1. The number of fused-ring (bicyclic) bond motifs is 1. The van der Waals surface area contributed by atoms with Crippen LogP contribution in [0.4, 0.5) is 5.69 Å². The van der Waals surface area contributed by atoms with E-state index in [0.717, 1.165) is 25.2 Å². The lowest BCUT2D eigenvalue weighted by Gasteiger charge is -2.20. The summed E-state index contributed by atoms with van der Waals surface area (Å²) < 4.78 is 0. The Morgan fingerprint density at radius 1 is 1.25 bits per heavy atom. The zero-order chi connectivity index (χ0) is 14.1. The second-order valence-electron chi connectivity index (χ2n) is 5.31. The number of aryl methyl sites for hydroxylation is 1. The van der Waals surface area contributed by atoms with Crippen LogP contribution in [0.25, 0.3) is 0 Å². The van der Waals surface area contributed by atoms with E-state index in [4.69, 9.17) is 5.11 Å². The monoisotopic (exact) mass is 267 g/mol. The summed E-state index contributed by atoms with van der Waals surface area (Å²) in [6, 6.07) is 13.9. The molecule has 0 fully saturated rings. The van der Waals surface area contributed by atoms with E-state index >= 15 is 0 Å². The Morgan fingerprint density at radius 2 is 2.10 bits per heavy atom. The van der Waals surface area contributed by atoms with Gasteiger partial charge in [0.2, 0.25) is 0 Å². The van der Waals surface area contributed by atoms with Gasteiger partial charge in [-0.3, -0.25) is 0 Å². The average molecular weight is 267 g/mol. The molecular formula is C17H17NO2. The van der Waals surface area contributed by atoms with Gasteiger partial charge in [0.05, 0.1) is 5.56 Å². The van der Waals surface area contributed by atoms with Crippen molar-refractivity contribution in [3.8, 4) is 0 Å². The molecule has 0 saturated carbocycles. The molecule has 1 aliphatic rings. The van der Waals surface area contributed by atoms with Gasteiger partial charge in [0, 0.05) is 18.8 Å². The van der Waals surface area contributed by atoms with Crippen LogP contribution in [0.5, 0.6) is 0 Å². The van der Waals surface area contributed by atoms with Crippen LogP contribution in [0.15, 0.2) is 42.5 Å². The van der Waals surface area contributed by atoms with E-state index < -0.39 is 5.97 Å². The third-order valence-electron chi connectivity index (χ3n) is 3.78. The molecule has 0 radical (unpaired) electrons. The van der Waals surface area contributed by atoms with Crippen LogP contribution in [0.3, 0.4) is 0 Å². The Morgan fingerprint density at radius 3 is 2.85 bits per heavy atom. The lowest BCUT2D eigenvalue weighted by molar-refractivity contribution is 0.0697. The summed E-state index contributed by atoms with van der Waals surface area (Å²) in [4.78, 5) is 13.4. The minimum absolute atomic E-state index is 0.361. The topological polar surface area (TPSA) is 40.5 Å². The zero-order valence-corrected chi connectivity index (χ0v) is 11.5. The molecule has 2 aromatic carbocycles. The predicted octanol–water partition coefficient (Wildman–Crippen LogP) is 3.26. The molecule has 20 heavy (non-hydrogen) atoms. The van der Waals surface area contributed by atoms with Gasteiger partial charge in [-0.2, -0.15) is 0 Å². The summed E-state index contributed by atoms with van der Waals surface area (Å²) in [6.07, 6.45) is 0.987. The molecule has 0 aromatic heterocycles. The van der Waals surface area contributed by atoms with Gasteiger partial charge in [0.15, 0.2) is 0 Å². The Kier molecular flexibility index (Phi) is 3.18. The van der Waals surface area contributed by atoms with E-state index in [-0.39, 0.29) is 0 Å². The Balaban J connectivity index is 1.88. The van der Waals surface area contributed by atoms with E-state index in [9.17, 15) is 4.79 Å². The van der Waals surface area contributed by atoms with Crippen molar-refractivity contribution in [3.05, 3.63) is 64.7 Å². The third-order valence-corrected chi connectivity index (χ3v) is 3.78. The van der Waals surface area contributed by atoms with Crippen molar-refractivity contribution in [2.24, 2.45) is 0 Å². The smallest absolute Gasteiger partial charge is 0.335 e. The maximum absolute atomic E-state index is 11.1. The van der Waals surface area contributed by atoms with Crippen molar-refractivity contribution < 1.29 is 9.90 Å². The SMILES string of the molecule is Cc1cccc(CN2CCc3ccc(C(=O)O)cc32)c1. The first-order valence-electron chi connectivity index (χ1n) is 6.80. The molecule has 0 saturated heterocycles. The van der Waals surface area contributed by atoms with E-state index in [2.05, 4.69) is 36.1 Å². The highest BCUT2D eigenvalue weighted by molar-refractivity contribution is 5.89. The van der Waals surface area contributed by atoms with Gasteiger partial charge < -0.3 is 10.0 Å². The number of rotatable bonds is 3. The molecule has 3 heteroatoms. The highest BCUT2D eigenvalue weighted by Gasteiger charge is 2.20. The maximum atomic E-state index is 11.1. The summed E-state index contributed by atoms with van der Waals surface area (Å²) in [5, 5.41) is 9.11. The van der Waals surface area contributed by atoms with Crippen molar-refractivity contribution in [2.75, 3.05) is 11.4 Å². The summed E-state index contributed by atoms with van der Waals surface area (Å²) in [5.41, 5.74) is 5.17. The van der Waals surface area contributed by atoms with Crippen LogP contribution in [-0.4, -0.2) is 17.6 Å². The summed E-state index contributed by atoms with van der Waals surface area (Å²) in [7, 11) is 0. The van der Waals surface area contributed by atoms with Gasteiger partial charge in [-0.25, -0.2) is 4.79 Å². The van der Waals surface area contributed by atoms with Gasteiger partial charge in [-0.15, -0.1) is 0 Å². The molecule has 0 unspecified atom stereocenters. The fourth-order valence-corrected chi connectivity index (χ4v) is 2.77. The number of hydrogen-bond donors (Lipinski definition) is 1. The lowest BCUT2D eigenvalue weighted by atomic mass is 10.1. The van der Waals surface area contributed by atoms with Crippen molar-refractivity contribution >= 4 is 11.7 Å². The molecule has 1 N–H and O–H groups in total. The van der Waals surface area contributed by atoms with E-state index in [0.29, 0.717) is 5.56 Å². The number of anilines is 1. The van der Waals surface area contributed by atoms with Gasteiger partial charge >= 0.3 is 5.97 Å². The lowest BCUT2D eigenvalue weighted by Crippen LogP contribution is -2.19. The first kappa shape index (κ1) is 12.7. The first-order chi connectivity index (χ1) is 9.63. The molecule has 0 atom stereocenters. The molecule has 0 bridgehead atoms. The molecule has 102 valence electrons. The maximum Gasteiger partial charge on any atom is 0.335 e. The number of carboxylic acid groups (broad SMARTS) is 1. The summed E-state index contributed by atoms with van der Waals surface area (Å²) in [6.45, 7) is 3.87. The number of aromatic carboxylic acids is 1. The molecule has 2 aromatic rings. The van der Waals surface area contributed by atoms with Crippen LogP contribution in [0.2, 0.25) is 0 Å². The predicted molar refractivity (Wildman–Crippen MR) is 79.3 cm³/mol. The van der Waals surface area contributed by atoms with Crippen LogP contribution >= 0.6 is 0 Å². The highest BCUT2D eigenvalue weighted by Crippen LogP contribution is 2.30. The molecule has 1 aliphatic heterocycles. The van der Waals surface area contributed by atoms with Crippen LogP contribution in [0, 0.1) is 6.92 Å². The van der Waals surface area contributed by atoms with Crippen molar-refractivity contribution in [2.45, 2.75) is 19.9 Å². The van der Waals surface area contributed by atoms with Gasteiger partial charge in [-0.05, 0) is 36.6 Å². The number of hydrogen-bond acceptors (Lipinski definition) is 2. The van der Waals surface area contributed by atoms with Gasteiger partial charge in [0.1, 0.15) is 0 Å². The first-order valence-corrected chi connectivity index (χ1v) is 6.80. The minimum atomic E-state index is -0.866. The standard InChI is InChI=1S/C17H17NO2/c1-12-3-2-4-13(9-12)11-18-8-7-14-5-6-15(17(19)20)10-16(14)18/h2-6,9-10H,7-8,11H2,1H3,(H,19,20). The Hall–Kier alpha value is -2.29. The Bertz CT molecular complexity index is 664. The van der Waals surface area contributed by atoms with Crippen molar-refractivity contribution in [3.63, 3.8) is 0 Å². The van der Waals surface area contributed by atoms with Gasteiger partial charge in [-0.1, -0.05) is 35.9 Å². The molecular weight excluding hydrogens is 250 g/mol. The Labute approximate surface area is 118 Å². The number of nitrogens with zero attached hydrogens (tertiary/aromatic N) is 1. The van der Waals surface area contributed by atoms with E-state index in [1.165, 1.54) is 16.7 Å². The second-order valence-corrected chi connectivity index (χ2v) is 5.31. The normalized spacial score (nSPS) is 13.3. The summed E-state index contributed by atoms with van der Waals surface area (Å²) in [5.74, 6) is -0.866. The molecule has 0 aliphatic carbocycles. The number of benzene rings is 2. The quantitative estimate of drug-likeness (QED) is 0.928. The average Bonchev–Trinajstić information content (AvgIpc) is 2.81. The fourth-order valence-electron chi connectivity index (χ4n) is 2.77. The molecule has 1 heterocycles. The highest BCUT2D eigenvalue weighted by atomic mass is 16.4. The largest absolute Gasteiger partial charge is 0.478 e. The van der Waals surface area contributed by atoms with Crippen LogP contribution in [-0.2, 0) is 13.0 Å². The van der Waals surface area contributed by atoms with Crippen molar-refractivity contribution in [1.82, 2.24) is 0 Å². The second kappa shape index (κ2) is 5.00. The minimum Gasteiger partial charge on any atom is -0.478 e. The molecule has 3 nitrogen and oxygen atoms in total. The van der Waals surface area contributed by atoms with E-state index in [1.807, 2.05) is 6.07 Å². The van der Waals surface area contributed by atoms with Gasteiger partial charge in [0.25, 0.3) is 0 Å². The zero-order valence-electron chi connectivity index (χ0n) is 11.5. The summed E-state index contributed by atoms with van der Waals surface area (Å²) >= 11 is 0. The molecule has 0 spiro atoms. The fraction of sp³-hybridized carbons (Fsp3) is 0.235. The van der Waals surface area contributed by atoms with E-state index in [1.54, 1.807) is 12.1 Å². The molecule has 0 amide bonds. The third kappa shape index (κ3) is 2.39. The van der Waals surface area contributed by atoms with Crippen LogP contribution in [0.1, 0.15) is 27.0 Å². The molecule has 3 rings (SSSR count). The van der Waals surface area contributed by atoms with Crippen LogP contribution < -0.4 is 4.90 Å². The number of carbonyl (C=O) groups is 1. The van der Waals surface area contributed by atoms with Crippen molar-refractivity contribution in [1.29, 1.82) is 0 Å².